The number of nitrogens with zero attached hydrogens (tertiary/aromatic N) is 3. The number of allylic oxidation sites excluding steroid dienone is 1. The maximum absolute atomic E-state index is 12.3. The Bertz CT molecular complexity index is 454. The maximum atomic E-state index is 12.3. The molecular formula is C14H22N4O. The zero-order valence-corrected chi connectivity index (χ0v) is 11.7. The van der Waals surface area contributed by atoms with Gasteiger partial charge in [0, 0.05) is 25.8 Å². The van der Waals surface area contributed by atoms with Crippen LogP contribution >= 0.6 is 0 Å². The molecule has 0 aliphatic carbocycles. The summed E-state index contributed by atoms with van der Waals surface area (Å²) >= 11 is 0. The Morgan fingerprint density at radius 2 is 2.47 bits per heavy atom. The average molecular weight is 262 g/mol. The van der Waals surface area contributed by atoms with Gasteiger partial charge in [-0.15, -0.1) is 6.58 Å². The minimum Gasteiger partial charge on any atom is -0.308 e. The molecule has 1 aromatic heterocycles. The number of carbonyl (C=O) groups is 1. The lowest BCUT2D eigenvalue weighted by Gasteiger charge is -2.19. The number of anilines is 1. The van der Waals surface area contributed by atoms with Gasteiger partial charge in [0.1, 0.15) is 0 Å². The minimum absolute atomic E-state index is 0.0694. The summed E-state index contributed by atoms with van der Waals surface area (Å²) in [5, 5.41) is 7.52. The first-order chi connectivity index (χ1) is 9.11. The third kappa shape index (κ3) is 3.23. The van der Waals surface area contributed by atoms with E-state index in [-0.39, 0.29) is 11.9 Å². The van der Waals surface area contributed by atoms with Gasteiger partial charge in [-0.05, 0) is 26.2 Å². The Labute approximate surface area is 114 Å². The van der Waals surface area contributed by atoms with Crippen molar-refractivity contribution in [3.8, 4) is 0 Å². The van der Waals surface area contributed by atoms with Crippen LogP contribution in [0, 0.1) is 0 Å². The highest BCUT2D eigenvalue weighted by Gasteiger charge is 2.33. The topological polar surface area (TPSA) is 50.2 Å². The van der Waals surface area contributed by atoms with E-state index in [9.17, 15) is 4.79 Å². The van der Waals surface area contributed by atoms with Crippen molar-refractivity contribution in [1.82, 2.24) is 15.1 Å². The van der Waals surface area contributed by atoms with Crippen LogP contribution in [0.2, 0.25) is 0 Å². The van der Waals surface area contributed by atoms with Gasteiger partial charge >= 0.3 is 0 Å². The molecule has 0 spiro atoms. The van der Waals surface area contributed by atoms with Crippen molar-refractivity contribution >= 4 is 11.6 Å². The average Bonchev–Trinajstić information content (AvgIpc) is 2.95. The summed E-state index contributed by atoms with van der Waals surface area (Å²) in [5.74, 6) is 0.151. The van der Waals surface area contributed by atoms with Gasteiger partial charge in [-0.2, -0.15) is 5.10 Å². The molecule has 1 aliphatic heterocycles. The number of hydrogen-bond acceptors (Lipinski definition) is 3. The first-order valence-electron chi connectivity index (χ1n) is 6.78. The van der Waals surface area contributed by atoms with Crippen LogP contribution < -0.4 is 10.2 Å². The Kier molecular flexibility index (Phi) is 4.37. The summed E-state index contributed by atoms with van der Waals surface area (Å²) in [6.07, 6.45) is 8.37. The van der Waals surface area contributed by atoms with Crippen molar-refractivity contribution in [2.75, 3.05) is 11.4 Å². The van der Waals surface area contributed by atoms with Gasteiger partial charge in [0.2, 0.25) is 5.91 Å². The molecular weight excluding hydrogens is 240 g/mol. The molecule has 5 heteroatoms. The maximum Gasteiger partial charge on any atom is 0.244 e. The smallest absolute Gasteiger partial charge is 0.244 e. The standard InChI is InChI=1S/C14H22N4O/c1-4-5-6-11(2)16-13-7-8-18(14(13)19)12-9-15-17(3)10-12/h4,9-11,13,16H,1,5-8H2,2-3H3/t11-,13+/m1/s1. The predicted molar refractivity (Wildman–Crippen MR) is 76.0 cm³/mol. The van der Waals surface area contributed by atoms with E-state index < -0.39 is 0 Å². The first kappa shape index (κ1) is 13.8. The number of amides is 1. The molecule has 104 valence electrons. The molecule has 1 aliphatic rings. The summed E-state index contributed by atoms with van der Waals surface area (Å²) in [5.41, 5.74) is 0.885. The van der Waals surface area contributed by atoms with Gasteiger partial charge in [0.15, 0.2) is 0 Å². The molecule has 1 N–H and O–H groups in total. The second-order valence-corrected chi connectivity index (χ2v) is 5.14. The Morgan fingerprint density at radius 3 is 3.11 bits per heavy atom. The molecule has 0 unspecified atom stereocenters. The van der Waals surface area contributed by atoms with E-state index in [2.05, 4.69) is 23.9 Å². The summed E-state index contributed by atoms with van der Waals surface area (Å²) in [6, 6.07) is 0.265. The van der Waals surface area contributed by atoms with E-state index in [4.69, 9.17) is 0 Å². The van der Waals surface area contributed by atoms with E-state index in [1.807, 2.05) is 24.2 Å². The summed E-state index contributed by atoms with van der Waals surface area (Å²) in [4.78, 5) is 14.1. The summed E-state index contributed by atoms with van der Waals surface area (Å²) in [7, 11) is 1.86. The molecule has 2 heterocycles. The van der Waals surface area contributed by atoms with Gasteiger partial charge in [-0.3, -0.25) is 9.48 Å². The van der Waals surface area contributed by atoms with Crippen LogP contribution in [0.1, 0.15) is 26.2 Å². The van der Waals surface area contributed by atoms with Gasteiger partial charge in [0.25, 0.3) is 0 Å². The van der Waals surface area contributed by atoms with Crippen molar-refractivity contribution in [1.29, 1.82) is 0 Å². The molecule has 1 aromatic rings. The van der Waals surface area contributed by atoms with Crippen LogP contribution in [-0.4, -0.2) is 34.3 Å². The van der Waals surface area contributed by atoms with E-state index in [0.29, 0.717) is 6.04 Å². The van der Waals surface area contributed by atoms with Crippen LogP contribution in [0.15, 0.2) is 25.0 Å². The molecule has 1 fully saturated rings. The molecule has 5 nitrogen and oxygen atoms in total. The highest BCUT2D eigenvalue weighted by molar-refractivity contribution is 5.99. The number of hydrogen-bond donors (Lipinski definition) is 1. The normalized spacial score (nSPS) is 20.8. The second kappa shape index (κ2) is 6.02. The molecule has 0 bridgehead atoms. The molecule has 0 aromatic carbocycles. The third-order valence-electron chi connectivity index (χ3n) is 3.50. The lowest BCUT2D eigenvalue weighted by molar-refractivity contribution is -0.119. The fourth-order valence-electron chi connectivity index (χ4n) is 2.43. The molecule has 1 saturated heterocycles. The largest absolute Gasteiger partial charge is 0.308 e. The Morgan fingerprint density at radius 1 is 1.68 bits per heavy atom. The van der Waals surface area contributed by atoms with E-state index in [1.54, 1.807) is 10.9 Å². The van der Waals surface area contributed by atoms with Gasteiger partial charge in [-0.1, -0.05) is 6.08 Å². The van der Waals surface area contributed by atoms with Crippen molar-refractivity contribution in [2.24, 2.45) is 7.05 Å². The van der Waals surface area contributed by atoms with Crippen LogP contribution in [-0.2, 0) is 11.8 Å². The van der Waals surface area contributed by atoms with E-state index in [0.717, 1.165) is 31.5 Å². The Balaban J connectivity index is 1.92. The van der Waals surface area contributed by atoms with Gasteiger partial charge < -0.3 is 10.2 Å². The number of aryl methyl sites for hydroxylation is 1. The zero-order valence-electron chi connectivity index (χ0n) is 11.7. The monoisotopic (exact) mass is 262 g/mol. The fraction of sp³-hybridized carbons (Fsp3) is 0.571. The van der Waals surface area contributed by atoms with Crippen molar-refractivity contribution in [2.45, 2.75) is 38.3 Å². The van der Waals surface area contributed by atoms with E-state index in [1.165, 1.54) is 0 Å². The van der Waals surface area contributed by atoms with Crippen LogP contribution in [0.5, 0.6) is 0 Å². The fourth-order valence-corrected chi connectivity index (χ4v) is 2.43. The highest BCUT2D eigenvalue weighted by atomic mass is 16.2. The van der Waals surface area contributed by atoms with Crippen LogP contribution in [0.3, 0.4) is 0 Å². The summed E-state index contributed by atoms with van der Waals surface area (Å²) < 4.78 is 1.72. The number of aromatic nitrogens is 2. The molecule has 2 rings (SSSR count). The minimum atomic E-state index is -0.0694. The van der Waals surface area contributed by atoms with Crippen molar-refractivity contribution in [3.05, 3.63) is 25.0 Å². The molecule has 19 heavy (non-hydrogen) atoms. The SMILES string of the molecule is C=CCC[C@@H](C)N[C@H]1CCN(c2cnn(C)c2)C1=O. The third-order valence-corrected chi connectivity index (χ3v) is 3.50. The Hall–Kier alpha value is -1.62. The first-order valence-corrected chi connectivity index (χ1v) is 6.78. The van der Waals surface area contributed by atoms with Gasteiger partial charge in [-0.25, -0.2) is 0 Å². The van der Waals surface area contributed by atoms with Crippen molar-refractivity contribution in [3.63, 3.8) is 0 Å². The lowest BCUT2D eigenvalue weighted by atomic mass is 10.1. The molecule has 2 atom stereocenters. The molecule has 1 amide bonds. The lowest BCUT2D eigenvalue weighted by Crippen LogP contribution is -2.42. The zero-order chi connectivity index (χ0) is 13.8. The number of nitrogens with one attached hydrogen (secondary N) is 1. The molecule has 0 radical (unpaired) electrons. The number of carbonyl (C=O) groups excluding carboxylic acids is 1. The number of rotatable bonds is 6. The van der Waals surface area contributed by atoms with Gasteiger partial charge in [0.05, 0.1) is 17.9 Å². The molecule has 0 saturated carbocycles. The van der Waals surface area contributed by atoms with Crippen LogP contribution in [0.4, 0.5) is 5.69 Å². The van der Waals surface area contributed by atoms with E-state index >= 15 is 0 Å². The quantitative estimate of drug-likeness (QED) is 0.790. The van der Waals surface area contributed by atoms with Crippen molar-refractivity contribution < 1.29 is 4.79 Å². The van der Waals surface area contributed by atoms with Crippen LogP contribution in [0.25, 0.3) is 0 Å². The summed E-state index contributed by atoms with van der Waals surface area (Å²) in [6.45, 7) is 6.60. The predicted octanol–water partition coefficient (Wildman–Crippen LogP) is 1.47. The second-order valence-electron chi connectivity index (χ2n) is 5.14. The highest BCUT2D eigenvalue weighted by Crippen LogP contribution is 2.21.